The van der Waals surface area contributed by atoms with Gasteiger partial charge in [-0.05, 0) is 19.3 Å². The van der Waals surface area contributed by atoms with Crippen LogP contribution in [-0.4, -0.2) is 42.6 Å². The third kappa shape index (κ3) is 2.41. The maximum Gasteiger partial charge on any atom is 0.0622 e. The van der Waals surface area contributed by atoms with Gasteiger partial charge in [0.05, 0.1) is 6.61 Å². The number of hydrogen-bond donors (Lipinski definition) is 0. The zero-order valence-corrected chi connectivity index (χ0v) is 9.51. The number of hydrogen-bond acceptors (Lipinski definition) is 2. The molecule has 0 amide bonds. The largest absolute Gasteiger partial charge is 0.380 e. The maximum atomic E-state index is 5.87. The molecule has 82 valence electrons. The van der Waals surface area contributed by atoms with Gasteiger partial charge >= 0.3 is 0 Å². The van der Waals surface area contributed by atoms with Gasteiger partial charge in [0.25, 0.3) is 0 Å². The average Bonchev–Trinajstić information content (AvgIpc) is 2.87. The summed E-state index contributed by atoms with van der Waals surface area (Å²) in [6.07, 6.45) is 6.74. The van der Waals surface area contributed by atoms with Crippen molar-refractivity contribution in [2.45, 2.75) is 44.2 Å². The first-order valence-corrected chi connectivity index (χ1v) is 6.34. The van der Waals surface area contributed by atoms with Gasteiger partial charge in [0, 0.05) is 31.1 Å². The first kappa shape index (κ1) is 10.7. The van der Waals surface area contributed by atoms with Crippen LogP contribution in [0.2, 0.25) is 0 Å². The molecule has 1 saturated heterocycles. The summed E-state index contributed by atoms with van der Waals surface area (Å²) >= 11 is 5.87. The average molecular weight is 218 g/mol. The first-order valence-electron chi connectivity index (χ1n) is 5.81. The molecule has 0 bridgehead atoms. The van der Waals surface area contributed by atoms with Gasteiger partial charge in [0.15, 0.2) is 0 Å². The minimum Gasteiger partial charge on any atom is -0.380 e. The van der Waals surface area contributed by atoms with Crippen molar-refractivity contribution in [2.75, 3.05) is 25.6 Å². The quantitative estimate of drug-likeness (QED) is 0.670. The van der Waals surface area contributed by atoms with Crippen molar-refractivity contribution < 1.29 is 4.74 Å². The molecule has 0 N–H and O–H groups in total. The van der Waals surface area contributed by atoms with E-state index >= 15 is 0 Å². The van der Waals surface area contributed by atoms with Gasteiger partial charge in [-0.15, -0.1) is 11.6 Å². The van der Waals surface area contributed by atoms with Crippen molar-refractivity contribution in [3.63, 3.8) is 0 Å². The Hall–Kier alpha value is 0.210. The summed E-state index contributed by atoms with van der Waals surface area (Å²) in [6.45, 7) is 2.91. The molecule has 0 aromatic rings. The highest BCUT2D eigenvalue weighted by Crippen LogP contribution is 2.27. The highest BCUT2D eigenvalue weighted by molar-refractivity contribution is 6.18. The van der Waals surface area contributed by atoms with E-state index in [0.717, 1.165) is 31.7 Å². The van der Waals surface area contributed by atoms with Crippen LogP contribution >= 0.6 is 11.6 Å². The van der Waals surface area contributed by atoms with Crippen LogP contribution in [0, 0.1) is 0 Å². The smallest absolute Gasteiger partial charge is 0.0622 e. The molecule has 1 aliphatic heterocycles. The molecule has 0 aromatic carbocycles. The summed E-state index contributed by atoms with van der Waals surface area (Å²) < 4.78 is 5.46. The van der Waals surface area contributed by atoms with Crippen molar-refractivity contribution >= 4 is 11.6 Å². The molecule has 0 radical (unpaired) electrons. The van der Waals surface area contributed by atoms with Gasteiger partial charge in [-0.1, -0.05) is 12.8 Å². The highest BCUT2D eigenvalue weighted by Gasteiger charge is 2.30. The second-order valence-corrected chi connectivity index (χ2v) is 4.76. The van der Waals surface area contributed by atoms with Gasteiger partial charge in [0.1, 0.15) is 0 Å². The van der Waals surface area contributed by atoms with Crippen molar-refractivity contribution in [3.05, 3.63) is 0 Å². The number of halogens is 1. The third-order valence-electron chi connectivity index (χ3n) is 3.51. The fourth-order valence-corrected chi connectivity index (χ4v) is 2.98. The number of ether oxygens (including phenoxy) is 1. The van der Waals surface area contributed by atoms with Crippen molar-refractivity contribution in [1.82, 2.24) is 4.90 Å². The fraction of sp³-hybridized carbons (Fsp3) is 1.00. The lowest BCUT2D eigenvalue weighted by molar-refractivity contribution is 0.116. The molecular formula is C11H20ClNO. The van der Waals surface area contributed by atoms with Gasteiger partial charge in [-0.2, -0.15) is 0 Å². The predicted molar refractivity (Wildman–Crippen MR) is 58.9 cm³/mol. The highest BCUT2D eigenvalue weighted by atomic mass is 35.5. The van der Waals surface area contributed by atoms with E-state index in [0.29, 0.717) is 6.04 Å². The van der Waals surface area contributed by atoms with Crippen LogP contribution in [-0.2, 0) is 4.74 Å². The number of rotatable bonds is 4. The molecular weight excluding hydrogens is 198 g/mol. The van der Waals surface area contributed by atoms with Crippen LogP contribution in [0.25, 0.3) is 0 Å². The topological polar surface area (TPSA) is 12.5 Å². The minimum absolute atomic E-state index is 0.650. The van der Waals surface area contributed by atoms with E-state index in [2.05, 4.69) is 4.90 Å². The lowest BCUT2D eigenvalue weighted by Crippen LogP contribution is -2.43. The SMILES string of the molecule is ClCCN(C1CCCC1)C1CCOC1. The third-order valence-corrected chi connectivity index (χ3v) is 3.68. The Labute approximate surface area is 91.6 Å². The summed E-state index contributed by atoms with van der Waals surface area (Å²) in [7, 11) is 0. The zero-order chi connectivity index (χ0) is 9.80. The fourth-order valence-electron chi connectivity index (χ4n) is 2.78. The van der Waals surface area contributed by atoms with E-state index in [-0.39, 0.29) is 0 Å². The van der Waals surface area contributed by atoms with Crippen molar-refractivity contribution in [2.24, 2.45) is 0 Å². The van der Waals surface area contributed by atoms with Crippen LogP contribution in [0.1, 0.15) is 32.1 Å². The van der Waals surface area contributed by atoms with E-state index in [9.17, 15) is 0 Å². The van der Waals surface area contributed by atoms with Gasteiger partial charge in [0.2, 0.25) is 0 Å². The summed E-state index contributed by atoms with van der Waals surface area (Å²) in [4.78, 5) is 2.60. The van der Waals surface area contributed by atoms with Crippen molar-refractivity contribution in [1.29, 1.82) is 0 Å². The molecule has 1 saturated carbocycles. The Morgan fingerprint density at radius 1 is 1.14 bits per heavy atom. The molecule has 1 unspecified atom stereocenters. The van der Waals surface area contributed by atoms with Crippen LogP contribution in [0.15, 0.2) is 0 Å². The Bertz CT molecular complexity index is 149. The van der Waals surface area contributed by atoms with E-state index in [1.54, 1.807) is 0 Å². The molecule has 2 rings (SSSR count). The van der Waals surface area contributed by atoms with Gasteiger partial charge in [-0.3, -0.25) is 4.90 Å². The lowest BCUT2D eigenvalue weighted by atomic mass is 10.1. The zero-order valence-electron chi connectivity index (χ0n) is 8.75. The Morgan fingerprint density at radius 2 is 1.93 bits per heavy atom. The molecule has 2 aliphatic rings. The molecule has 0 aromatic heterocycles. The molecule has 0 spiro atoms. The van der Waals surface area contributed by atoms with Crippen molar-refractivity contribution in [3.8, 4) is 0 Å². The molecule has 1 aliphatic carbocycles. The maximum absolute atomic E-state index is 5.87. The Morgan fingerprint density at radius 3 is 2.50 bits per heavy atom. The second kappa shape index (κ2) is 5.34. The molecule has 2 fully saturated rings. The normalized spacial score (nSPS) is 29.1. The van der Waals surface area contributed by atoms with Crippen LogP contribution < -0.4 is 0 Å². The van der Waals surface area contributed by atoms with Gasteiger partial charge < -0.3 is 4.74 Å². The van der Waals surface area contributed by atoms with Crippen LogP contribution in [0.3, 0.4) is 0 Å². The van der Waals surface area contributed by atoms with E-state index in [1.165, 1.54) is 32.1 Å². The Kier molecular flexibility index (Phi) is 4.09. The molecule has 1 heterocycles. The minimum atomic E-state index is 0.650. The first-order chi connectivity index (χ1) is 6.92. The van der Waals surface area contributed by atoms with E-state index < -0.39 is 0 Å². The van der Waals surface area contributed by atoms with E-state index in [1.807, 2.05) is 0 Å². The van der Waals surface area contributed by atoms with Crippen LogP contribution in [0.5, 0.6) is 0 Å². The number of alkyl halides is 1. The van der Waals surface area contributed by atoms with Crippen LogP contribution in [0.4, 0.5) is 0 Å². The predicted octanol–water partition coefficient (Wildman–Crippen LogP) is 2.26. The van der Waals surface area contributed by atoms with Gasteiger partial charge in [-0.25, -0.2) is 0 Å². The second-order valence-electron chi connectivity index (χ2n) is 4.38. The monoisotopic (exact) mass is 217 g/mol. The summed E-state index contributed by atoms with van der Waals surface area (Å²) in [5, 5.41) is 0. The summed E-state index contributed by atoms with van der Waals surface area (Å²) in [5.41, 5.74) is 0. The summed E-state index contributed by atoms with van der Waals surface area (Å²) in [5.74, 6) is 0.757. The molecule has 2 nitrogen and oxygen atoms in total. The molecule has 1 atom stereocenters. The summed E-state index contributed by atoms with van der Waals surface area (Å²) in [6, 6.07) is 1.44. The standard InChI is InChI=1S/C11H20ClNO/c12-6-7-13(10-3-1-2-4-10)11-5-8-14-9-11/h10-11H,1-9H2. The van der Waals surface area contributed by atoms with E-state index in [4.69, 9.17) is 16.3 Å². The molecule has 14 heavy (non-hydrogen) atoms. The molecule has 3 heteroatoms. The number of nitrogens with zero attached hydrogens (tertiary/aromatic N) is 1. The Balaban J connectivity index is 1.91. The lowest BCUT2D eigenvalue weighted by Gasteiger charge is -2.32.